The molecule has 2 amide bonds. The van der Waals surface area contributed by atoms with Crippen molar-refractivity contribution in [3.05, 3.63) is 28.2 Å². The van der Waals surface area contributed by atoms with Crippen LogP contribution in [-0.4, -0.2) is 66.9 Å². The molecule has 1 aliphatic heterocycles. The van der Waals surface area contributed by atoms with Crippen LogP contribution in [0.3, 0.4) is 0 Å². The molecule has 8 heteroatoms. The number of carbonyl (C=O) groups is 2. The predicted octanol–water partition coefficient (Wildman–Crippen LogP) is 2.46. The Morgan fingerprint density at radius 3 is 2.31 bits per heavy atom. The highest BCUT2D eigenvalue weighted by molar-refractivity contribution is 6.35. The van der Waals surface area contributed by atoms with E-state index in [-0.39, 0.29) is 17.9 Å². The lowest BCUT2D eigenvalue weighted by atomic mass is 10.2. The summed E-state index contributed by atoms with van der Waals surface area (Å²) in [5, 5.41) is 6.71. The second-order valence-electron chi connectivity index (χ2n) is 6.49. The highest BCUT2D eigenvalue weighted by Crippen LogP contribution is 2.22. The Morgan fingerprint density at radius 1 is 1.12 bits per heavy atom. The molecule has 2 rings (SSSR count). The van der Waals surface area contributed by atoms with E-state index in [2.05, 4.69) is 20.4 Å². The highest BCUT2D eigenvalue weighted by Gasteiger charge is 2.26. The molecule has 0 unspecified atom stereocenters. The molecule has 0 spiro atoms. The number of rotatable bonds is 7. The Morgan fingerprint density at radius 2 is 1.73 bits per heavy atom. The predicted molar refractivity (Wildman–Crippen MR) is 106 cm³/mol. The molecule has 1 aliphatic rings. The molecule has 1 saturated heterocycles. The maximum Gasteiger partial charge on any atom is 0.241 e. The topological polar surface area (TPSA) is 64.7 Å². The van der Waals surface area contributed by atoms with Crippen LogP contribution in [0.1, 0.15) is 20.3 Å². The molecule has 1 aromatic carbocycles. The van der Waals surface area contributed by atoms with Crippen molar-refractivity contribution in [1.29, 1.82) is 0 Å². The third-order valence-electron chi connectivity index (χ3n) is 4.40. The zero-order valence-corrected chi connectivity index (χ0v) is 16.7. The fourth-order valence-corrected chi connectivity index (χ4v) is 3.40. The van der Waals surface area contributed by atoms with E-state index in [0.29, 0.717) is 28.8 Å². The summed E-state index contributed by atoms with van der Waals surface area (Å²) in [5.74, 6) is -0.0404. The summed E-state index contributed by atoms with van der Waals surface area (Å²) < 4.78 is 0. The van der Waals surface area contributed by atoms with E-state index in [4.69, 9.17) is 23.2 Å². The van der Waals surface area contributed by atoms with Crippen LogP contribution in [0, 0.1) is 0 Å². The van der Waals surface area contributed by atoms with Crippen molar-refractivity contribution in [1.82, 2.24) is 15.1 Å². The number of halogens is 2. The van der Waals surface area contributed by atoms with E-state index in [1.807, 2.05) is 13.8 Å². The van der Waals surface area contributed by atoms with Gasteiger partial charge in [0.25, 0.3) is 0 Å². The lowest BCUT2D eigenvalue weighted by Crippen LogP contribution is -2.54. The lowest BCUT2D eigenvalue weighted by Gasteiger charge is -2.37. The van der Waals surface area contributed by atoms with E-state index in [9.17, 15) is 9.59 Å². The van der Waals surface area contributed by atoms with Crippen LogP contribution in [-0.2, 0) is 9.59 Å². The average molecular weight is 401 g/mol. The summed E-state index contributed by atoms with van der Waals surface area (Å²) >= 11 is 11.9. The number of benzene rings is 1. The van der Waals surface area contributed by atoms with Gasteiger partial charge in [-0.1, -0.05) is 30.1 Å². The molecule has 1 fully saturated rings. The molecule has 26 heavy (non-hydrogen) atoms. The summed E-state index contributed by atoms with van der Waals surface area (Å²) in [6.07, 6.45) is 0.935. The van der Waals surface area contributed by atoms with Gasteiger partial charge in [-0.05, 0) is 31.5 Å². The Kier molecular flexibility index (Phi) is 8.15. The van der Waals surface area contributed by atoms with Gasteiger partial charge < -0.3 is 10.6 Å². The number of amides is 2. The fourth-order valence-electron chi connectivity index (χ4n) is 2.87. The molecule has 144 valence electrons. The molecule has 0 saturated carbocycles. The Hall–Kier alpha value is -1.34. The Labute approximate surface area is 164 Å². The van der Waals surface area contributed by atoms with Gasteiger partial charge in [0.1, 0.15) is 0 Å². The van der Waals surface area contributed by atoms with Crippen molar-refractivity contribution < 1.29 is 9.59 Å². The van der Waals surface area contributed by atoms with Crippen LogP contribution in [0.15, 0.2) is 18.2 Å². The van der Waals surface area contributed by atoms with Crippen molar-refractivity contribution in [2.24, 2.45) is 0 Å². The van der Waals surface area contributed by atoms with Crippen LogP contribution in [0.25, 0.3) is 0 Å². The van der Waals surface area contributed by atoms with E-state index in [0.717, 1.165) is 32.6 Å². The highest BCUT2D eigenvalue weighted by atomic mass is 35.5. The number of hydrogen-bond acceptors (Lipinski definition) is 4. The van der Waals surface area contributed by atoms with Crippen molar-refractivity contribution in [2.45, 2.75) is 26.3 Å². The molecule has 6 nitrogen and oxygen atoms in total. The van der Waals surface area contributed by atoms with Crippen molar-refractivity contribution >= 4 is 40.7 Å². The van der Waals surface area contributed by atoms with E-state index in [1.165, 1.54) is 0 Å². The van der Waals surface area contributed by atoms with Crippen molar-refractivity contribution in [3.8, 4) is 0 Å². The van der Waals surface area contributed by atoms with Gasteiger partial charge in [0.05, 0.1) is 12.6 Å². The normalized spacial score (nSPS) is 16.9. The second kappa shape index (κ2) is 10.1. The van der Waals surface area contributed by atoms with Gasteiger partial charge in [-0.25, -0.2) is 0 Å². The summed E-state index contributed by atoms with van der Waals surface area (Å²) in [7, 11) is 0. The quantitative estimate of drug-likeness (QED) is 0.737. The molecule has 0 bridgehead atoms. The molecule has 1 atom stereocenters. The Balaban J connectivity index is 1.80. The van der Waals surface area contributed by atoms with Gasteiger partial charge in [0.2, 0.25) is 11.8 Å². The number of nitrogens with one attached hydrogen (secondary N) is 2. The van der Waals surface area contributed by atoms with Gasteiger partial charge in [0.15, 0.2) is 0 Å². The van der Waals surface area contributed by atoms with Gasteiger partial charge in [-0.3, -0.25) is 19.4 Å². The first-order valence-electron chi connectivity index (χ1n) is 8.89. The average Bonchev–Trinajstić information content (AvgIpc) is 2.59. The SMILES string of the molecule is CCCNC(=O)CN1CCN([C@@H](C)C(=O)Nc2cc(Cl)cc(Cl)c2)CC1. The minimum absolute atomic E-state index is 0.0592. The van der Waals surface area contributed by atoms with Gasteiger partial charge in [-0.2, -0.15) is 0 Å². The minimum Gasteiger partial charge on any atom is -0.355 e. The molecule has 0 radical (unpaired) electrons. The van der Waals surface area contributed by atoms with E-state index in [1.54, 1.807) is 18.2 Å². The summed E-state index contributed by atoms with van der Waals surface area (Å²) in [6, 6.07) is 4.69. The first-order valence-corrected chi connectivity index (χ1v) is 9.64. The molecular weight excluding hydrogens is 375 g/mol. The molecule has 0 aromatic heterocycles. The van der Waals surface area contributed by atoms with Crippen LogP contribution < -0.4 is 10.6 Å². The second-order valence-corrected chi connectivity index (χ2v) is 7.36. The lowest BCUT2D eigenvalue weighted by molar-refractivity contribution is -0.124. The maximum absolute atomic E-state index is 12.5. The minimum atomic E-state index is -0.274. The van der Waals surface area contributed by atoms with E-state index >= 15 is 0 Å². The third kappa shape index (κ3) is 6.43. The van der Waals surface area contributed by atoms with Crippen LogP contribution >= 0.6 is 23.2 Å². The monoisotopic (exact) mass is 400 g/mol. The van der Waals surface area contributed by atoms with Crippen LogP contribution in [0.5, 0.6) is 0 Å². The molecular formula is C18H26Cl2N4O2. The Bertz CT molecular complexity index is 613. The van der Waals surface area contributed by atoms with Crippen LogP contribution in [0.4, 0.5) is 5.69 Å². The first kappa shape index (κ1) is 21.0. The molecule has 0 aliphatic carbocycles. The fraction of sp³-hybridized carbons (Fsp3) is 0.556. The number of carbonyl (C=O) groups excluding carboxylic acids is 2. The van der Waals surface area contributed by atoms with E-state index < -0.39 is 0 Å². The largest absolute Gasteiger partial charge is 0.355 e. The van der Waals surface area contributed by atoms with Gasteiger partial charge in [-0.15, -0.1) is 0 Å². The zero-order chi connectivity index (χ0) is 19.1. The zero-order valence-electron chi connectivity index (χ0n) is 15.2. The standard InChI is InChI=1S/C18H26Cl2N4O2/c1-3-4-21-17(25)12-23-5-7-24(8-6-23)13(2)18(26)22-16-10-14(19)9-15(20)11-16/h9-11,13H,3-8,12H2,1-2H3,(H,21,25)(H,22,26)/t13-/m0/s1. The third-order valence-corrected chi connectivity index (χ3v) is 4.84. The van der Waals surface area contributed by atoms with Gasteiger partial charge in [0, 0.05) is 48.5 Å². The summed E-state index contributed by atoms with van der Waals surface area (Å²) in [6.45, 7) is 8.05. The summed E-state index contributed by atoms with van der Waals surface area (Å²) in [4.78, 5) is 28.5. The smallest absolute Gasteiger partial charge is 0.241 e. The maximum atomic E-state index is 12.5. The molecule has 1 aromatic rings. The first-order chi connectivity index (χ1) is 12.4. The van der Waals surface area contributed by atoms with Crippen molar-refractivity contribution in [2.75, 3.05) is 44.6 Å². The number of hydrogen-bond donors (Lipinski definition) is 2. The summed E-state index contributed by atoms with van der Waals surface area (Å²) in [5.41, 5.74) is 0.589. The van der Waals surface area contributed by atoms with Crippen LogP contribution in [0.2, 0.25) is 10.0 Å². The number of piperazine rings is 1. The molecule has 1 heterocycles. The number of nitrogens with zero attached hydrogens (tertiary/aromatic N) is 2. The van der Waals surface area contributed by atoms with Crippen molar-refractivity contribution in [3.63, 3.8) is 0 Å². The number of anilines is 1. The van der Waals surface area contributed by atoms with Gasteiger partial charge >= 0.3 is 0 Å². The molecule has 2 N–H and O–H groups in total.